The van der Waals surface area contributed by atoms with Crippen molar-refractivity contribution in [1.82, 2.24) is 4.57 Å². The van der Waals surface area contributed by atoms with Gasteiger partial charge < -0.3 is 0 Å². The second kappa shape index (κ2) is 20.1. The third-order valence-electron chi connectivity index (χ3n) is 6.60. The molecule has 2 heteroatoms. The number of aryl methyl sites for hydroxylation is 2. The van der Waals surface area contributed by atoms with E-state index in [4.69, 9.17) is 0 Å². The SMILES string of the molecule is CCCCCCCCCCCCc1n(CCCCCCCCC)cc[n+]1CCCC. The van der Waals surface area contributed by atoms with Gasteiger partial charge in [0.15, 0.2) is 0 Å². The summed E-state index contributed by atoms with van der Waals surface area (Å²) < 4.78 is 5.13. The summed E-state index contributed by atoms with van der Waals surface area (Å²) in [5.41, 5.74) is 0. The van der Waals surface area contributed by atoms with Crippen molar-refractivity contribution in [1.29, 1.82) is 0 Å². The maximum Gasteiger partial charge on any atom is 0.256 e. The number of unbranched alkanes of at least 4 members (excludes halogenated alkanes) is 16. The topological polar surface area (TPSA) is 8.81 Å². The lowest BCUT2D eigenvalue weighted by molar-refractivity contribution is -0.704. The highest BCUT2D eigenvalue weighted by atomic mass is 15.1. The highest BCUT2D eigenvalue weighted by Crippen LogP contribution is 2.13. The standard InChI is InChI=1S/C28H55N2/c1-4-7-10-12-14-15-16-17-19-21-23-28-29(24-9-6-3)26-27-30(28)25-22-20-18-13-11-8-5-2/h26-27H,4-25H2,1-3H3/q+1. The van der Waals surface area contributed by atoms with Gasteiger partial charge in [-0.3, -0.25) is 0 Å². The monoisotopic (exact) mass is 419 g/mol. The van der Waals surface area contributed by atoms with E-state index >= 15 is 0 Å². The van der Waals surface area contributed by atoms with Crippen molar-refractivity contribution < 1.29 is 4.57 Å². The molecule has 0 atom stereocenters. The Morgan fingerprint density at radius 3 is 1.57 bits per heavy atom. The molecule has 176 valence electrons. The number of nitrogens with zero attached hydrogens (tertiary/aromatic N) is 2. The molecule has 0 amide bonds. The molecule has 1 aromatic rings. The maximum absolute atomic E-state index is 2.58. The van der Waals surface area contributed by atoms with E-state index in [-0.39, 0.29) is 0 Å². The number of rotatable bonds is 22. The fourth-order valence-corrected chi connectivity index (χ4v) is 4.53. The molecule has 0 radical (unpaired) electrons. The predicted octanol–water partition coefficient (Wildman–Crippen LogP) is 8.79. The van der Waals surface area contributed by atoms with E-state index in [0.717, 1.165) is 0 Å². The minimum atomic E-state index is 1.20. The van der Waals surface area contributed by atoms with E-state index in [1.807, 2.05) is 0 Å². The molecule has 0 aliphatic heterocycles. The van der Waals surface area contributed by atoms with Crippen LogP contribution in [0.25, 0.3) is 0 Å². The third kappa shape index (κ3) is 13.5. The molecular weight excluding hydrogens is 364 g/mol. The van der Waals surface area contributed by atoms with Crippen LogP contribution in [0, 0.1) is 0 Å². The minimum absolute atomic E-state index is 1.20. The van der Waals surface area contributed by atoms with Crippen LogP contribution in [0.3, 0.4) is 0 Å². The molecule has 30 heavy (non-hydrogen) atoms. The molecule has 0 bridgehead atoms. The first kappa shape index (κ1) is 27.2. The van der Waals surface area contributed by atoms with Crippen LogP contribution in [-0.4, -0.2) is 4.57 Å². The Kier molecular flexibility index (Phi) is 18.3. The van der Waals surface area contributed by atoms with Crippen molar-refractivity contribution in [3.8, 4) is 0 Å². The van der Waals surface area contributed by atoms with Crippen molar-refractivity contribution >= 4 is 0 Å². The van der Waals surface area contributed by atoms with Gasteiger partial charge in [-0.25, -0.2) is 9.13 Å². The van der Waals surface area contributed by atoms with Crippen molar-refractivity contribution in [3.63, 3.8) is 0 Å². The van der Waals surface area contributed by atoms with Gasteiger partial charge in [0, 0.05) is 6.42 Å². The molecule has 1 aromatic heterocycles. The van der Waals surface area contributed by atoms with Crippen LogP contribution < -0.4 is 4.57 Å². The number of hydrogen-bond acceptors (Lipinski definition) is 0. The second-order valence-corrected chi connectivity index (χ2v) is 9.51. The molecule has 0 aliphatic rings. The Bertz CT molecular complexity index is 477. The van der Waals surface area contributed by atoms with Crippen molar-refractivity contribution in [2.24, 2.45) is 0 Å². The van der Waals surface area contributed by atoms with Gasteiger partial charge in [-0.15, -0.1) is 0 Å². The van der Waals surface area contributed by atoms with E-state index in [1.165, 1.54) is 142 Å². The van der Waals surface area contributed by atoms with Gasteiger partial charge in [0.1, 0.15) is 12.4 Å². The lowest BCUT2D eigenvalue weighted by atomic mass is 10.1. The zero-order chi connectivity index (χ0) is 21.7. The number of aromatic nitrogens is 2. The van der Waals surface area contributed by atoms with Gasteiger partial charge in [0.05, 0.1) is 13.1 Å². The number of hydrogen-bond donors (Lipinski definition) is 0. The van der Waals surface area contributed by atoms with Gasteiger partial charge in [-0.1, -0.05) is 117 Å². The van der Waals surface area contributed by atoms with Crippen molar-refractivity contribution in [2.45, 2.75) is 162 Å². The largest absolute Gasteiger partial charge is 0.256 e. The highest BCUT2D eigenvalue weighted by molar-refractivity contribution is 4.84. The van der Waals surface area contributed by atoms with Crippen LogP contribution >= 0.6 is 0 Å². The third-order valence-corrected chi connectivity index (χ3v) is 6.60. The van der Waals surface area contributed by atoms with Crippen LogP contribution in [0.1, 0.15) is 149 Å². The van der Waals surface area contributed by atoms with Gasteiger partial charge >= 0.3 is 0 Å². The van der Waals surface area contributed by atoms with E-state index in [9.17, 15) is 0 Å². The van der Waals surface area contributed by atoms with Gasteiger partial charge in [-0.2, -0.15) is 0 Å². The average molecular weight is 420 g/mol. The summed E-state index contributed by atoms with van der Waals surface area (Å²) in [5.74, 6) is 1.59. The molecule has 0 fully saturated rings. The van der Waals surface area contributed by atoms with Crippen LogP contribution in [0.15, 0.2) is 12.4 Å². The normalized spacial score (nSPS) is 11.4. The minimum Gasteiger partial charge on any atom is -0.234 e. The van der Waals surface area contributed by atoms with E-state index in [0.29, 0.717) is 0 Å². The summed E-state index contributed by atoms with van der Waals surface area (Å²) in [4.78, 5) is 0. The van der Waals surface area contributed by atoms with Crippen LogP contribution in [0.5, 0.6) is 0 Å². The maximum atomic E-state index is 2.58. The fraction of sp³-hybridized carbons (Fsp3) is 0.893. The summed E-state index contributed by atoms with van der Waals surface area (Å²) in [6, 6.07) is 0. The summed E-state index contributed by atoms with van der Waals surface area (Å²) in [6.45, 7) is 9.33. The lowest BCUT2D eigenvalue weighted by Crippen LogP contribution is -2.37. The predicted molar refractivity (Wildman–Crippen MR) is 133 cm³/mol. The van der Waals surface area contributed by atoms with Crippen LogP contribution in [0.4, 0.5) is 0 Å². The van der Waals surface area contributed by atoms with E-state index < -0.39 is 0 Å². The fourth-order valence-electron chi connectivity index (χ4n) is 4.53. The van der Waals surface area contributed by atoms with Gasteiger partial charge in [0.2, 0.25) is 0 Å². The summed E-state index contributed by atoms with van der Waals surface area (Å²) in [6.07, 6.45) is 32.6. The van der Waals surface area contributed by atoms with E-state index in [1.54, 1.807) is 5.82 Å². The first-order valence-corrected chi connectivity index (χ1v) is 13.9. The molecule has 0 unspecified atom stereocenters. The Labute approximate surface area is 189 Å². The molecule has 1 rings (SSSR count). The van der Waals surface area contributed by atoms with Gasteiger partial charge in [-0.05, 0) is 25.7 Å². The molecular formula is C28H55N2+. The second-order valence-electron chi connectivity index (χ2n) is 9.51. The first-order valence-electron chi connectivity index (χ1n) is 13.9. The van der Waals surface area contributed by atoms with Crippen LogP contribution in [0.2, 0.25) is 0 Å². The zero-order valence-electron chi connectivity index (χ0n) is 21.1. The van der Waals surface area contributed by atoms with Crippen molar-refractivity contribution in [3.05, 3.63) is 18.2 Å². The molecule has 2 nitrogen and oxygen atoms in total. The Balaban J connectivity index is 2.27. The highest BCUT2D eigenvalue weighted by Gasteiger charge is 2.16. The first-order chi connectivity index (χ1) is 14.8. The molecule has 0 N–H and O–H groups in total. The molecule has 1 heterocycles. The van der Waals surface area contributed by atoms with Crippen molar-refractivity contribution in [2.75, 3.05) is 0 Å². The summed E-state index contributed by atoms with van der Waals surface area (Å²) >= 11 is 0. The number of imidazole rings is 1. The van der Waals surface area contributed by atoms with Gasteiger partial charge in [0.25, 0.3) is 5.82 Å². The Hall–Kier alpha value is -0.790. The quantitative estimate of drug-likeness (QED) is 0.131. The zero-order valence-corrected chi connectivity index (χ0v) is 21.1. The lowest BCUT2D eigenvalue weighted by Gasteiger charge is -2.06. The van der Waals surface area contributed by atoms with E-state index in [2.05, 4.69) is 42.3 Å². The Morgan fingerprint density at radius 2 is 1.03 bits per heavy atom. The Morgan fingerprint density at radius 1 is 0.567 bits per heavy atom. The average Bonchev–Trinajstić information content (AvgIpc) is 3.14. The summed E-state index contributed by atoms with van der Waals surface area (Å²) in [5, 5.41) is 0. The molecule has 0 spiro atoms. The molecule has 0 aromatic carbocycles. The molecule has 0 saturated carbocycles. The smallest absolute Gasteiger partial charge is 0.234 e. The van der Waals surface area contributed by atoms with Crippen LogP contribution in [-0.2, 0) is 19.5 Å². The summed E-state index contributed by atoms with van der Waals surface area (Å²) in [7, 11) is 0. The molecule has 0 saturated heterocycles. The molecule has 0 aliphatic carbocycles.